The van der Waals surface area contributed by atoms with Crippen molar-refractivity contribution in [2.24, 2.45) is 11.7 Å². The summed E-state index contributed by atoms with van der Waals surface area (Å²) in [6, 6.07) is 2.53. The van der Waals surface area contributed by atoms with Crippen molar-refractivity contribution in [3.8, 4) is 0 Å². The highest BCUT2D eigenvalue weighted by Crippen LogP contribution is 2.38. The van der Waals surface area contributed by atoms with Crippen LogP contribution in [0.15, 0.2) is 18.3 Å². The molecule has 1 saturated heterocycles. The normalized spacial score (nSPS) is 21.2. The number of benzene rings is 1. The minimum Gasteiger partial charge on any atom is -0.369 e. The molecule has 0 spiro atoms. The van der Waals surface area contributed by atoms with E-state index in [1.54, 1.807) is 6.20 Å². The van der Waals surface area contributed by atoms with E-state index in [-0.39, 0.29) is 39.6 Å². The first-order valence-corrected chi connectivity index (χ1v) is 15.3. The summed E-state index contributed by atoms with van der Waals surface area (Å²) in [5.41, 5.74) is 6.61. The predicted molar refractivity (Wildman–Crippen MR) is 148 cm³/mol. The van der Waals surface area contributed by atoms with Gasteiger partial charge in [-0.3, -0.25) is 9.36 Å². The van der Waals surface area contributed by atoms with Crippen LogP contribution in [0.4, 0.5) is 22.0 Å². The molecule has 5 rings (SSSR count). The number of piperidine rings is 1. The number of rotatable bonds is 7. The zero-order valence-electron chi connectivity index (χ0n) is 21.2. The van der Waals surface area contributed by atoms with Gasteiger partial charge in [-0.25, -0.2) is 27.1 Å². The van der Waals surface area contributed by atoms with Crippen LogP contribution in [0.25, 0.3) is 11.2 Å². The number of carbonyl (C=O) groups excluding carboxylic acids is 1. The number of nitrogens with zero attached hydrogens (tertiary/aromatic N) is 5. The molecule has 4 N–H and O–H groups in total. The highest BCUT2D eigenvalue weighted by atomic mass is 35.5. The molecule has 2 fully saturated rings. The van der Waals surface area contributed by atoms with Crippen molar-refractivity contribution in [3.63, 3.8) is 0 Å². The van der Waals surface area contributed by atoms with E-state index in [9.17, 15) is 17.6 Å². The topological polar surface area (TPSA) is 148 Å². The van der Waals surface area contributed by atoms with Crippen molar-refractivity contribution in [2.45, 2.75) is 50.6 Å². The monoisotopic (exact) mass is 598 g/mol. The Balaban J connectivity index is 1.46. The first-order chi connectivity index (χ1) is 18.5. The van der Waals surface area contributed by atoms with Gasteiger partial charge >= 0.3 is 0 Å². The molecule has 11 nitrogen and oxygen atoms in total. The molecule has 0 unspecified atom stereocenters. The van der Waals surface area contributed by atoms with Crippen molar-refractivity contribution in [1.29, 1.82) is 0 Å². The van der Waals surface area contributed by atoms with E-state index in [1.807, 2.05) is 4.57 Å². The van der Waals surface area contributed by atoms with Gasteiger partial charge < -0.3 is 16.4 Å². The van der Waals surface area contributed by atoms with E-state index in [2.05, 4.69) is 20.6 Å². The molecule has 3 heterocycles. The van der Waals surface area contributed by atoms with Gasteiger partial charge in [0.05, 0.1) is 23.2 Å². The number of aromatic nitrogens is 4. The molecular formula is C24H29Cl2FN8O3S. The largest absolute Gasteiger partial charge is 0.369 e. The number of sulfonamides is 1. The minimum atomic E-state index is -3.23. The number of fused-ring (bicyclic) bond motifs is 1. The van der Waals surface area contributed by atoms with Crippen LogP contribution in [0.1, 0.15) is 44.6 Å². The van der Waals surface area contributed by atoms with Gasteiger partial charge in [-0.2, -0.15) is 4.98 Å². The molecule has 0 bridgehead atoms. The highest BCUT2D eigenvalue weighted by molar-refractivity contribution is 7.88. The number of primary amides is 1. The zero-order chi connectivity index (χ0) is 27.9. The third-order valence-corrected chi connectivity index (χ3v) is 9.22. The summed E-state index contributed by atoms with van der Waals surface area (Å²) in [5, 5.41) is 6.61. The van der Waals surface area contributed by atoms with E-state index >= 15 is 0 Å². The lowest BCUT2D eigenvalue weighted by Crippen LogP contribution is -2.42. The maximum absolute atomic E-state index is 14.8. The first kappa shape index (κ1) is 27.8. The molecule has 3 aromatic rings. The number of nitrogens with two attached hydrogens (primary N) is 1. The standard InChI is InChI=1S/C24H29Cl2FN8O3S/c1-39(37,38)34-8-6-15(7-9-34)30-23-29-12-19-22(33-23)35(16-4-2-13(3-5-16)21(28)36)24(31-19)32-20-17(26)10-14(25)11-18(20)27/h10-13,15-16H,2-9H2,1H3,(H2,28,36)(H,31,32)(H,29,30,33)/t13-,16-. The fraction of sp³-hybridized carbons (Fsp3) is 0.500. The highest BCUT2D eigenvalue weighted by Gasteiger charge is 2.30. The average molecular weight is 600 g/mol. The maximum Gasteiger partial charge on any atom is 0.224 e. The summed E-state index contributed by atoms with van der Waals surface area (Å²) in [6.07, 6.45) is 6.58. The fourth-order valence-electron chi connectivity index (χ4n) is 5.30. The number of imidazole rings is 1. The lowest BCUT2D eigenvalue weighted by Gasteiger charge is -2.30. The third-order valence-electron chi connectivity index (χ3n) is 7.40. The maximum atomic E-state index is 14.8. The summed E-state index contributed by atoms with van der Waals surface area (Å²) in [6.45, 7) is 0.836. The van der Waals surface area contributed by atoms with Crippen LogP contribution in [-0.4, -0.2) is 63.5 Å². The summed E-state index contributed by atoms with van der Waals surface area (Å²) >= 11 is 12.2. The number of hydrogen-bond donors (Lipinski definition) is 3. The lowest BCUT2D eigenvalue weighted by molar-refractivity contribution is -0.122. The Morgan fingerprint density at radius 3 is 2.41 bits per heavy atom. The molecule has 210 valence electrons. The predicted octanol–water partition coefficient (Wildman–Crippen LogP) is 4.07. The molecular weight excluding hydrogens is 570 g/mol. The average Bonchev–Trinajstić information content (AvgIpc) is 3.23. The third kappa shape index (κ3) is 6.06. The molecule has 1 amide bonds. The Morgan fingerprint density at radius 2 is 1.79 bits per heavy atom. The van der Waals surface area contributed by atoms with Gasteiger partial charge in [-0.15, -0.1) is 0 Å². The van der Waals surface area contributed by atoms with Crippen molar-refractivity contribution in [1.82, 2.24) is 23.8 Å². The SMILES string of the molecule is CS(=O)(=O)N1CCC(Nc2ncc3nc(Nc4c(F)cc(Cl)cc4Cl)n([C@H]4CC[C@H](C(N)=O)CC4)c3n2)CC1. The Hall–Kier alpha value is -2.74. The number of halogens is 3. The van der Waals surface area contributed by atoms with Gasteiger partial charge in [0.2, 0.25) is 27.8 Å². The molecule has 1 aliphatic heterocycles. The number of carbonyl (C=O) groups is 1. The Bertz CT molecular complexity index is 1480. The van der Waals surface area contributed by atoms with E-state index in [1.165, 1.54) is 16.6 Å². The van der Waals surface area contributed by atoms with Crippen LogP contribution >= 0.6 is 23.2 Å². The molecule has 2 aromatic heterocycles. The molecule has 2 aliphatic rings. The van der Waals surface area contributed by atoms with Crippen LogP contribution in [0.2, 0.25) is 10.0 Å². The van der Waals surface area contributed by atoms with Crippen molar-refractivity contribution >= 4 is 67.9 Å². The molecule has 0 radical (unpaired) electrons. The van der Waals surface area contributed by atoms with Crippen molar-refractivity contribution < 1.29 is 17.6 Å². The quantitative estimate of drug-likeness (QED) is 0.368. The second-order valence-corrected chi connectivity index (χ2v) is 12.9. The summed E-state index contributed by atoms with van der Waals surface area (Å²) in [4.78, 5) is 25.6. The van der Waals surface area contributed by atoms with Crippen LogP contribution in [-0.2, 0) is 14.8 Å². The van der Waals surface area contributed by atoms with E-state index in [0.29, 0.717) is 74.7 Å². The van der Waals surface area contributed by atoms with E-state index < -0.39 is 15.8 Å². The zero-order valence-corrected chi connectivity index (χ0v) is 23.5. The fourth-order valence-corrected chi connectivity index (χ4v) is 6.69. The van der Waals surface area contributed by atoms with E-state index in [0.717, 1.165) is 6.07 Å². The van der Waals surface area contributed by atoms with Gasteiger partial charge in [-0.05, 0) is 50.7 Å². The Morgan fingerprint density at radius 1 is 1.10 bits per heavy atom. The van der Waals surface area contributed by atoms with Gasteiger partial charge in [0.25, 0.3) is 0 Å². The lowest BCUT2D eigenvalue weighted by atomic mass is 9.85. The molecule has 1 saturated carbocycles. The van der Waals surface area contributed by atoms with Crippen molar-refractivity contribution in [3.05, 3.63) is 34.2 Å². The van der Waals surface area contributed by atoms with Crippen molar-refractivity contribution in [2.75, 3.05) is 30.0 Å². The smallest absolute Gasteiger partial charge is 0.224 e. The van der Waals surface area contributed by atoms with Crippen LogP contribution in [0, 0.1) is 11.7 Å². The van der Waals surface area contributed by atoms with Gasteiger partial charge in [0, 0.05) is 36.1 Å². The van der Waals surface area contributed by atoms with Gasteiger partial charge in [0.15, 0.2) is 5.65 Å². The summed E-state index contributed by atoms with van der Waals surface area (Å²) < 4.78 is 41.8. The van der Waals surface area contributed by atoms with Crippen LogP contribution in [0.5, 0.6) is 0 Å². The van der Waals surface area contributed by atoms with Crippen LogP contribution in [0.3, 0.4) is 0 Å². The number of nitrogens with one attached hydrogen (secondary N) is 2. The molecule has 15 heteroatoms. The van der Waals surface area contributed by atoms with E-state index in [4.69, 9.17) is 33.9 Å². The number of hydrogen-bond acceptors (Lipinski definition) is 8. The number of anilines is 3. The second-order valence-electron chi connectivity index (χ2n) is 10.1. The Kier molecular flexibility index (Phi) is 7.86. The van der Waals surface area contributed by atoms with Gasteiger partial charge in [0.1, 0.15) is 11.3 Å². The molecule has 1 aromatic carbocycles. The molecule has 39 heavy (non-hydrogen) atoms. The molecule has 1 aliphatic carbocycles. The minimum absolute atomic E-state index is 0.00221. The van der Waals surface area contributed by atoms with Gasteiger partial charge in [-0.1, -0.05) is 23.2 Å². The second kappa shape index (κ2) is 11.0. The number of amides is 1. The Labute approximate surface area is 235 Å². The molecule has 0 atom stereocenters. The summed E-state index contributed by atoms with van der Waals surface area (Å²) in [7, 11) is -3.23. The first-order valence-electron chi connectivity index (χ1n) is 12.7. The van der Waals surface area contributed by atoms with Crippen LogP contribution < -0.4 is 16.4 Å². The summed E-state index contributed by atoms with van der Waals surface area (Å²) in [5.74, 6) is -0.413.